The lowest BCUT2D eigenvalue weighted by atomic mass is 10.2. The van der Waals surface area contributed by atoms with Gasteiger partial charge in [-0.3, -0.25) is 4.79 Å². The number of amides is 3. The molecule has 1 unspecified atom stereocenters. The molecule has 8 heteroatoms. The van der Waals surface area contributed by atoms with E-state index in [2.05, 4.69) is 16.0 Å². The second-order valence-corrected chi connectivity index (χ2v) is 3.93. The third kappa shape index (κ3) is 3.94. The van der Waals surface area contributed by atoms with Crippen LogP contribution in [0.4, 0.5) is 14.9 Å². The molecule has 3 amide bonds. The summed E-state index contributed by atoms with van der Waals surface area (Å²) in [6.07, 6.45) is 0. The molecule has 0 fully saturated rings. The minimum absolute atomic E-state index is 0.102. The number of hydrogen-bond donors (Lipinski definition) is 4. The average Bonchev–Trinajstić information content (AvgIpc) is 2.39. The van der Waals surface area contributed by atoms with E-state index in [1.54, 1.807) is 0 Å². The normalized spacial score (nSPS) is 11.3. The number of rotatable bonds is 4. The van der Waals surface area contributed by atoms with Crippen molar-refractivity contribution in [3.8, 4) is 0 Å². The Hall–Kier alpha value is -2.64. The largest absolute Gasteiger partial charge is 0.478 e. The van der Waals surface area contributed by atoms with Crippen molar-refractivity contribution in [3.05, 3.63) is 29.6 Å². The van der Waals surface area contributed by atoms with E-state index in [0.717, 1.165) is 12.1 Å². The molecule has 0 bridgehead atoms. The molecule has 0 spiro atoms. The number of hydrogen-bond acceptors (Lipinski definition) is 3. The second-order valence-electron chi connectivity index (χ2n) is 3.93. The van der Waals surface area contributed by atoms with Gasteiger partial charge in [0.05, 0.1) is 5.56 Å². The first kappa shape index (κ1) is 15.4. The summed E-state index contributed by atoms with van der Waals surface area (Å²) in [5, 5.41) is 15.8. The van der Waals surface area contributed by atoms with Crippen LogP contribution in [-0.4, -0.2) is 36.1 Å². The zero-order chi connectivity index (χ0) is 15.3. The molecular weight excluding hydrogens is 269 g/mol. The average molecular weight is 283 g/mol. The molecule has 1 aromatic rings. The Kier molecular flexibility index (Phi) is 5.01. The van der Waals surface area contributed by atoms with E-state index >= 15 is 0 Å². The van der Waals surface area contributed by atoms with Crippen molar-refractivity contribution in [2.45, 2.75) is 13.0 Å². The number of carboxylic acids is 1. The first-order valence-corrected chi connectivity index (χ1v) is 5.67. The predicted molar refractivity (Wildman–Crippen MR) is 69.0 cm³/mol. The van der Waals surface area contributed by atoms with Crippen molar-refractivity contribution in [2.24, 2.45) is 0 Å². The summed E-state index contributed by atoms with van der Waals surface area (Å²) in [4.78, 5) is 33.5. The fraction of sp³-hybridized carbons (Fsp3) is 0.250. The Morgan fingerprint density at radius 2 is 1.95 bits per heavy atom. The standard InChI is InChI=1S/C12H14FN3O4/c1-6(10(17)14-2)15-12(20)16-7-3-4-9(13)8(5-7)11(18)19/h3-6H,1-2H3,(H,14,17)(H,18,19)(H2,15,16,20). The number of anilines is 1. The fourth-order valence-corrected chi connectivity index (χ4v) is 1.41. The highest BCUT2D eigenvalue weighted by atomic mass is 19.1. The number of carbonyl (C=O) groups is 3. The molecular formula is C12H14FN3O4. The number of benzene rings is 1. The van der Waals surface area contributed by atoms with Crippen LogP contribution in [0.15, 0.2) is 18.2 Å². The van der Waals surface area contributed by atoms with Gasteiger partial charge in [0.2, 0.25) is 5.91 Å². The molecule has 0 aromatic heterocycles. The Bertz CT molecular complexity index is 548. The number of urea groups is 1. The fourth-order valence-electron chi connectivity index (χ4n) is 1.41. The number of carboxylic acid groups (broad SMARTS) is 1. The van der Waals surface area contributed by atoms with Crippen molar-refractivity contribution < 1.29 is 23.9 Å². The van der Waals surface area contributed by atoms with Gasteiger partial charge in [-0.25, -0.2) is 14.0 Å². The van der Waals surface area contributed by atoms with E-state index < -0.39 is 29.4 Å². The van der Waals surface area contributed by atoms with Crippen LogP contribution >= 0.6 is 0 Å². The van der Waals surface area contributed by atoms with Crippen LogP contribution in [0.1, 0.15) is 17.3 Å². The van der Waals surface area contributed by atoms with Crippen LogP contribution in [0, 0.1) is 5.82 Å². The minimum Gasteiger partial charge on any atom is -0.478 e. The zero-order valence-electron chi connectivity index (χ0n) is 10.9. The lowest BCUT2D eigenvalue weighted by Crippen LogP contribution is -2.45. The predicted octanol–water partition coefficient (Wildman–Crippen LogP) is 0.780. The van der Waals surface area contributed by atoms with E-state index in [1.165, 1.54) is 20.0 Å². The van der Waals surface area contributed by atoms with Gasteiger partial charge in [0.25, 0.3) is 0 Å². The molecule has 0 aliphatic rings. The smallest absolute Gasteiger partial charge is 0.338 e. The van der Waals surface area contributed by atoms with Crippen LogP contribution in [-0.2, 0) is 4.79 Å². The maximum absolute atomic E-state index is 13.2. The monoisotopic (exact) mass is 283 g/mol. The van der Waals surface area contributed by atoms with Gasteiger partial charge in [-0.05, 0) is 25.1 Å². The van der Waals surface area contributed by atoms with Crippen molar-refractivity contribution in [1.29, 1.82) is 0 Å². The number of halogens is 1. The Balaban J connectivity index is 2.74. The molecule has 0 aliphatic heterocycles. The second kappa shape index (κ2) is 6.50. The Morgan fingerprint density at radius 1 is 1.30 bits per heavy atom. The lowest BCUT2D eigenvalue weighted by Gasteiger charge is -2.13. The molecule has 7 nitrogen and oxygen atoms in total. The lowest BCUT2D eigenvalue weighted by molar-refractivity contribution is -0.122. The van der Waals surface area contributed by atoms with Gasteiger partial charge in [-0.15, -0.1) is 0 Å². The van der Waals surface area contributed by atoms with Crippen LogP contribution in [0.3, 0.4) is 0 Å². The highest BCUT2D eigenvalue weighted by Crippen LogP contribution is 2.14. The summed E-state index contributed by atoms with van der Waals surface area (Å²) in [5.41, 5.74) is -0.451. The van der Waals surface area contributed by atoms with Crippen molar-refractivity contribution >= 4 is 23.6 Å². The van der Waals surface area contributed by atoms with Crippen LogP contribution in [0.2, 0.25) is 0 Å². The van der Waals surface area contributed by atoms with E-state index in [9.17, 15) is 18.8 Å². The molecule has 1 rings (SSSR count). The Morgan fingerprint density at radius 3 is 2.50 bits per heavy atom. The topological polar surface area (TPSA) is 108 Å². The quantitative estimate of drug-likeness (QED) is 0.655. The highest BCUT2D eigenvalue weighted by Gasteiger charge is 2.15. The molecule has 0 heterocycles. The SMILES string of the molecule is CNC(=O)C(C)NC(=O)Nc1ccc(F)c(C(=O)O)c1. The van der Waals surface area contributed by atoms with Gasteiger partial charge in [0, 0.05) is 12.7 Å². The van der Waals surface area contributed by atoms with Gasteiger partial charge in [-0.2, -0.15) is 0 Å². The van der Waals surface area contributed by atoms with E-state index in [1.807, 2.05) is 0 Å². The van der Waals surface area contributed by atoms with Gasteiger partial charge in [-0.1, -0.05) is 0 Å². The maximum Gasteiger partial charge on any atom is 0.338 e. The van der Waals surface area contributed by atoms with E-state index in [0.29, 0.717) is 0 Å². The van der Waals surface area contributed by atoms with Crippen LogP contribution < -0.4 is 16.0 Å². The molecule has 0 aliphatic carbocycles. The molecule has 0 radical (unpaired) electrons. The van der Waals surface area contributed by atoms with Gasteiger partial charge < -0.3 is 21.1 Å². The zero-order valence-corrected chi connectivity index (χ0v) is 10.9. The van der Waals surface area contributed by atoms with Gasteiger partial charge in [0.15, 0.2) is 0 Å². The highest BCUT2D eigenvalue weighted by molar-refractivity contribution is 5.95. The minimum atomic E-state index is -1.44. The van der Waals surface area contributed by atoms with Crippen molar-refractivity contribution in [2.75, 3.05) is 12.4 Å². The first-order chi connectivity index (χ1) is 9.35. The van der Waals surface area contributed by atoms with Gasteiger partial charge >= 0.3 is 12.0 Å². The Labute approximate surface area is 114 Å². The summed E-state index contributed by atoms with van der Waals surface area (Å²) in [7, 11) is 1.43. The van der Waals surface area contributed by atoms with Crippen molar-refractivity contribution in [3.63, 3.8) is 0 Å². The van der Waals surface area contributed by atoms with Crippen molar-refractivity contribution in [1.82, 2.24) is 10.6 Å². The summed E-state index contributed by atoms with van der Waals surface area (Å²) < 4.78 is 13.2. The summed E-state index contributed by atoms with van der Waals surface area (Å²) in [6, 6.07) is 1.66. The summed E-state index contributed by atoms with van der Waals surface area (Å²) in [5.74, 6) is -2.72. The number of carbonyl (C=O) groups excluding carboxylic acids is 2. The van der Waals surface area contributed by atoms with Crippen LogP contribution in [0.25, 0.3) is 0 Å². The molecule has 1 aromatic carbocycles. The molecule has 20 heavy (non-hydrogen) atoms. The van der Waals surface area contributed by atoms with Gasteiger partial charge in [0.1, 0.15) is 11.9 Å². The molecule has 0 saturated carbocycles. The molecule has 0 saturated heterocycles. The summed E-state index contributed by atoms with van der Waals surface area (Å²) in [6.45, 7) is 1.48. The molecule has 4 N–H and O–H groups in total. The van der Waals surface area contributed by atoms with E-state index in [4.69, 9.17) is 5.11 Å². The van der Waals surface area contributed by atoms with E-state index in [-0.39, 0.29) is 11.6 Å². The number of nitrogens with one attached hydrogen (secondary N) is 3. The third-order valence-electron chi connectivity index (χ3n) is 2.44. The molecule has 1 atom stereocenters. The maximum atomic E-state index is 13.2. The molecule has 108 valence electrons. The first-order valence-electron chi connectivity index (χ1n) is 5.67. The number of aromatic carboxylic acids is 1. The van der Waals surface area contributed by atoms with Crippen LogP contribution in [0.5, 0.6) is 0 Å². The third-order valence-corrected chi connectivity index (χ3v) is 2.44. The number of likely N-dealkylation sites (N-methyl/N-ethyl adjacent to an activating group) is 1. The summed E-state index contributed by atoms with van der Waals surface area (Å²) >= 11 is 0.